The van der Waals surface area contributed by atoms with E-state index in [0.29, 0.717) is 39.6 Å². The van der Waals surface area contributed by atoms with Crippen molar-refractivity contribution in [1.29, 1.82) is 0 Å². The molecule has 7 nitrogen and oxygen atoms in total. The zero-order valence-corrected chi connectivity index (χ0v) is 19.8. The number of amides is 1. The van der Waals surface area contributed by atoms with Crippen LogP contribution in [0.25, 0.3) is 11.0 Å². The second-order valence-corrected chi connectivity index (χ2v) is 9.08. The number of imidazole rings is 1. The van der Waals surface area contributed by atoms with Crippen molar-refractivity contribution >= 4 is 69.5 Å². The third-order valence-electron chi connectivity index (χ3n) is 5.67. The van der Waals surface area contributed by atoms with E-state index in [2.05, 4.69) is 10.3 Å². The van der Waals surface area contributed by atoms with Gasteiger partial charge in [-0.05, 0) is 35.4 Å². The second kappa shape index (κ2) is 8.83. The van der Waals surface area contributed by atoms with Crippen LogP contribution in [0.15, 0.2) is 54.6 Å². The molecule has 34 heavy (non-hydrogen) atoms. The second-order valence-electron chi connectivity index (χ2n) is 7.86. The summed E-state index contributed by atoms with van der Waals surface area (Å²) in [6.07, 6.45) is 1.01. The lowest BCUT2D eigenvalue weighted by Crippen LogP contribution is -2.21. The molecule has 1 aliphatic rings. The number of fused-ring (bicyclic) bond motifs is 2. The maximum absolute atomic E-state index is 12.9. The molecule has 0 atom stereocenters. The highest BCUT2D eigenvalue weighted by atomic mass is 35.5. The average molecular weight is 516 g/mol. The molecule has 1 amide bonds. The Morgan fingerprint density at radius 2 is 1.62 bits per heavy atom. The molecule has 0 saturated heterocycles. The van der Waals surface area contributed by atoms with Crippen molar-refractivity contribution in [3.05, 3.63) is 86.4 Å². The summed E-state index contributed by atoms with van der Waals surface area (Å²) in [6, 6.07) is 15.1. The average Bonchev–Trinajstić information content (AvgIpc) is 3.35. The number of carbonyl (C=O) groups is 2. The molecule has 0 radical (unpaired) electrons. The van der Waals surface area contributed by atoms with Crippen molar-refractivity contribution in [2.75, 3.05) is 5.32 Å². The lowest BCUT2D eigenvalue weighted by atomic mass is 10.1. The number of esters is 1. The summed E-state index contributed by atoms with van der Waals surface area (Å²) in [7, 11) is 0. The standard InChI is InChI=1S/C24H17Cl3N4O3/c25-16-6-3-7-17(26)21(16)30-24-29-19-10-15(18(27)11-20(19)31(24)23(28)33)22(32)34-14-8-12-4-1-2-5-13(12)9-14/h1-7,10-11,14H,8-9H2,(H2,28,33)(H,29,30). The zero-order chi connectivity index (χ0) is 24.0. The van der Waals surface area contributed by atoms with Crippen molar-refractivity contribution in [2.45, 2.75) is 18.9 Å². The first-order valence-electron chi connectivity index (χ1n) is 10.3. The minimum atomic E-state index is -0.803. The van der Waals surface area contributed by atoms with Crippen LogP contribution in [0, 0.1) is 0 Å². The summed E-state index contributed by atoms with van der Waals surface area (Å²) < 4.78 is 6.85. The molecule has 1 heterocycles. The van der Waals surface area contributed by atoms with Crippen LogP contribution in [0.2, 0.25) is 15.1 Å². The van der Waals surface area contributed by atoms with Crippen molar-refractivity contribution in [3.8, 4) is 0 Å². The maximum atomic E-state index is 12.9. The third kappa shape index (κ3) is 4.07. The number of nitrogens with zero attached hydrogens (tertiary/aromatic N) is 2. The van der Waals surface area contributed by atoms with E-state index in [1.807, 2.05) is 24.3 Å². The number of benzene rings is 3. The molecule has 0 unspecified atom stereocenters. The van der Waals surface area contributed by atoms with Crippen LogP contribution in [-0.4, -0.2) is 27.7 Å². The van der Waals surface area contributed by atoms with Gasteiger partial charge >= 0.3 is 12.0 Å². The van der Waals surface area contributed by atoms with Gasteiger partial charge in [-0.25, -0.2) is 19.1 Å². The fraction of sp³-hybridized carbons (Fsp3) is 0.125. The number of primary amides is 1. The van der Waals surface area contributed by atoms with E-state index >= 15 is 0 Å². The first-order valence-corrected chi connectivity index (χ1v) is 11.5. The topological polar surface area (TPSA) is 99.2 Å². The van der Waals surface area contributed by atoms with E-state index in [0.717, 1.165) is 15.7 Å². The Morgan fingerprint density at radius 3 is 2.24 bits per heavy atom. The zero-order valence-electron chi connectivity index (χ0n) is 17.5. The van der Waals surface area contributed by atoms with Crippen molar-refractivity contribution in [3.63, 3.8) is 0 Å². The van der Waals surface area contributed by atoms with Crippen LogP contribution in [0.3, 0.4) is 0 Å². The SMILES string of the molecule is NC(=O)n1c(Nc2c(Cl)cccc2Cl)nc2cc(C(=O)OC3Cc4ccccc4C3)c(Cl)cc21. The van der Waals surface area contributed by atoms with E-state index in [1.54, 1.807) is 18.2 Å². The highest BCUT2D eigenvalue weighted by Gasteiger charge is 2.27. The Hall–Kier alpha value is -3.26. The summed E-state index contributed by atoms with van der Waals surface area (Å²) in [4.78, 5) is 29.6. The lowest BCUT2D eigenvalue weighted by molar-refractivity contribution is 0.0325. The molecular formula is C24H17Cl3N4O3. The molecular weight excluding hydrogens is 499 g/mol. The summed E-state index contributed by atoms with van der Waals surface area (Å²) in [6.45, 7) is 0. The smallest absolute Gasteiger partial charge is 0.340 e. The molecule has 1 aromatic heterocycles. The number of para-hydroxylation sites is 1. The van der Waals surface area contributed by atoms with Gasteiger partial charge in [-0.2, -0.15) is 0 Å². The van der Waals surface area contributed by atoms with Gasteiger partial charge in [0.05, 0.1) is 37.4 Å². The fourth-order valence-electron chi connectivity index (χ4n) is 4.11. The van der Waals surface area contributed by atoms with Crippen LogP contribution in [0.5, 0.6) is 0 Å². The predicted octanol–water partition coefficient (Wildman–Crippen LogP) is 5.99. The number of carbonyl (C=O) groups excluding carboxylic acids is 2. The summed E-state index contributed by atoms with van der Waals surface area (Å²) in [5.74, 6) is -0.493. The number of ether oxygens (including phenoxy) is 1. The minimum Gasteiger partial charge on any atom is -0.458 e. The summed E-state index contributed by atoms with van der Waals surface area (Å²) >= 11 is 18.9. The molecule has 3 aromatic carbocycles. The molecule has 0 aliphatic heterocycles. The van der Waals surface area contributed by atoms with Crippen LogP contribution in [0.1, 0.15) is 21.5 Å². The van der Waals surface area contributed by atoms with Gasteiger partial charge in [0.2, 0.25) is 5.95 Å². The van der Waals surface area contributed by atoms with E-state index in [1.165, 1.54) is 12.1 Å². The molecule has 0 saturated carbocycles. The molecule has 0 fully saturated rings. The number of halogens is 3. The molecule has 0 spiro atoms. The van der Waals surface area contributed by atoms with Crippen LogP contribution in [0.4, 0.5) is 16.4 Å². The summed E-state index contributed by atoms with van der Waals surface area (Å²) in [5, 5.41) is 3.71. The molecule has 0 bridgehead atoms. The highest BCUT2D eigenvalue weighted by Crippen LogP contribution is 2.34. The first-order chi connectivity index (χ1) is 16.3. The van der Waals surface area contributed by atoms with Gasteiger partial charge in [0.15, 0.2) is 0 Å². The molecule has 10 heteroatoms. The Morgan fingerprint density at radius 1 is 0.971 bits per heavy atom. The van der Waals surface area contributed by atoms with Crippen molar-refractivity contribution in [1.82, 2.24) is 9.55 Å². The van der Waals surface area contributed by atoms with Gasteiger partial charge < -0.3 is 15.8 Å². The lowest BCUT2D eigenvalue weighted by Gasteiger charge is -2.12. The Balaban J connectivity index is 1.48. The number of hydrogen-bond donors (Lipinski definition) is 2. The largest absolute Gasteiger partial charge is 0.458 e. The van der Waals surface area contributed by atoms with Crippen molar-refractivity contribution < 1.29 is 14.3 Å². The third-order valence-corrected chi connectivity index (χ3v) is 6.61. The quantitative estimate of drug-likeness (QED) is 0.325. The fourth-order valence-corrected chi connectivity index (χ4v) is 4.83. The predicted molar refractivity (Wildman–Crippen MR) is 133 cm³/mol. The van der Waals surface area contributed by atoms with E-state index < -0.39 is 12.0 Å². The Bertz CT molecular complexity index is 1420. The number of nitrogens with one attached hydrogen (secondary N) is 1. The van der Waals surface area contributed by atoms with E-state index in [-0.39, 0.29) is 22.6 Å². The van der Waals surface area contributed by atoms with Gasteiger partial charge in [0.1, 0.15) is 6.10 Å². The van der Waals surface area contributed by atoms with Crippen LogP contribution in [-0.2, 0) is 17.6 Å². The van der Waals surface area contributed by atoms with Gasteiger partial charge in [-0.1, -0.05) is 65.1 Å². The number of nitrogens with two attached hydrogens (primary N) is 1. The van der Waals surface area contributed by atoms with Crippen molar-refractivity contribution in [2.24, 2.45) is 5.73 Å². The number of aromatic nitrogens is 2. The monoisotopic (exact) mass is 514 g/mol. The molecule has 1 aliphatic carbocycles. The van der Waals surface area contributed by atoms with E-state index in [4.69, 9.17) is 45.3 Å². The van der Waals surface area contributed by atoms with Gasteiger partial charge in [-0.3, -0.25) is 0 Å². The molecule has 3 N–H and O–H groups in total. The van der Waals surface area contributed by atoms with Gasteiger partial charge in [0.25, 0.3) is 0 Å². The number of hydrogen-bond acceptors (Lipinski definition) is 5. The highest BCUT2D eigenvalue weighted by molar-refractivity contribution is 6.39. The minimum absolute atomic E-state index is 0.0744. The molecule has 172 valence electrons. The normalized spacial score (nSPS) is 13.1. The Labute approximate surface area is 209 Å². The Kier molecular flexibility index (Phi) is 5.85. The molecule has 4 aromatic rings. The van der Waals surface area contributed by atoms with Gasteiger partial charge in [0, 0.05) is 12.8 Å². The number of rotatable bonds is 4. The maximum Gasteiger partial charge on any atom is 0.340 e. The van der Waals surface area contributed by atoms with Crippen LogP contribution >= 0.6 is 34.8 Å². The van der Waals surface area contributed by atoms with E-state index in [9.17, 15) is 9.59 Å². The first kappa shape index (κ1) is 22.5. The summed E-state index contributed by atoms with van der Waals surface area (Å²) in [5.41, 5.74) is 9.05. The van der Waals surface area contributed by atoms with Gasteiger partial charge in [-0.15, -0.1) is 0 Å². The number of anilines is 2. The molecule has 5 rings (SSSR count). The van der Waals surface area contributed by atoms with Crippen LogP contribution < -0.4 is 11.1 Å².